The minimum absolute atomic E-state index is 0.0192. The second kappa shape index (κ2) is 9.17. The fourth-order valence-corrected chi connectivity index (χ4v) is 5.32. The van der Waals surface area contributed by atoms with Crippen LogP contribution in [0.4, 0.5) is 20.3 Å². The van der Waals surface area contributed by atoms with E-state index >= 15 is 0 Å². The van der Waals surface area contributed by atoms with Crippen LogP contribution in [0.25, 0.3) is 33.1 Å². The highest BCUT2D eigenvalue weighted by molar-refractivity contribution is 7.99. The quantitative estimate of drug-likeness (QED) is 0.243. The van der Waals surface area contributed by atoms with Crippen LogP contribution in [0, 0.1) is 0 Å². The highest BCUT2D eigenvalue weighted by atomic mass is 32.2. The van der Waals surface area contributed by atoms with E-state index in [0.717, 1.165) is 37.3 Å². The molecule has 0 amide bonds. The molecule has 0 aliphatic carbocycles. The fraction of sp³-hybridized carbons (Fsp3) is 0.0345. The van der Waals surface area contributed by atoms with E-state index < -0.39 is 6.29 Å². The maximum absolute atomic E-state index is 13.5. The minimum Gasteiger partial charge on any atom is -0.395 e. The average Bonchev–Trinajstić information content (AvgIpc) is 3.27. The number of alkyl halides is 2. The van der Waals surface area contributed by atoms with E-state index in [4.69, 9.17) is 0 Å². The SMILES string of the molecule is FC1(F)Oc2ccc(-c3nnc(Nc4ccc(Sc5ccnc6cccnc56)cc4)c4ccccc34)cc2O1. The number of ether oxygens (including phenoxy) is 2. The summed E-state index contributed by atoms with van der Waals surface area (Å²) in [5.41, 5.74) is 3.70. The van der Waals surface area contributed by atoms with Gasteiger partial charge in [0.05, 0.1) is 5.52 Å². The van der Waals surface area contributed by atoms with Crippen molar-refractivity contribution < 1.29 is 18.3 Å². The first kappa shape index (κ1) is 23.3. The number of hydrogen-bond donors (Lipinski definition) is 1. The normalized spacial score (nSPS) is 13.6. The summed E-state index contributed by atoms with van der Waals surface area (Å²) in [6.45, 7) is 0. The Morgan fingerprint density at radius 1 is 0.744 bits per heavy atom. The van der Waals surface area contributed by atoms with Crippen molar-refractivity contribution in [3.63, 3.8) is 0 Å². The Morgan fingerprint density at radius 3 is 2.44 bits per heavy atom. The Balaban J connectivity index is 1.16. The van der Waals surface area contributed by atoms with Gasteiger partial charge in [-0.05, 0) is 60.7 Å². The van der Waals surface area contributed by atoms with E-state index in [1.807, 2.05) is 66.7 Å². The summed E-state index contributed by atoms with van der Waals surface area (Å²) in [5.74, 6) is 0.514. The number of hydrogen-bond acceptors (Lipinski definition) is 8. The minimum atomic E-state index is -3.68. The summed E-state index contributed by atoms with van der Waals surface area (Å²) >= 11 is 1.62. The summed E-state index contributed by atoms with van der Waals surface area (Å²) in [4.78, 5) is 10.9. The van der Waals surface area contributed by atoms with Crippen molar-refractivity contribution in [1.82, 2.24) is 20.2 Å². The van der Waals surface area contributed by atoms with Crippen LogP contribution in [0.5, 0.6) is 11.5 Å². The lowest BCUT2D eigenvalue weighted by Crippen LogP contribution is -2.25. The van der Waals surface area contributed by atoms with Crippen molar-refractivity contribution in [1.29, 1.82) is 0 Å². The van der Waals surface area contributed by atoms with Gasteiger partial charge in [0.15, 0.2) is 17.3 Å². The maximum atomic E-state index is 13.5. The van der Waals surface area contributed by atoms with E-state index in [1.54, 1.807) is 30.2 Å². The number of nitrogens with one attached hydrogen (secondary N) is 1. The van der Waals surface area contributed by atoms with Gasteiger partial charge in [0, 0.05) is 44.2 Å². The van der Waals surface area contributed by atoms with Crippen LogP contribution in [-0.2, 0) is 0 Å². The molecule has 7 rings (SSSR count). The van der Waals surface area contributed by atoms with Crippen molar-refractivity contribution in [2.24, 2.45) is 0 Å². The molecule has 0 radical (unpaired) electrons. The number of rotatable bonds is 5. The number of fused-ring (bicyclic) bond motifs is 3. The summed E-state index contributed by atoms with van der Waals surface area (Å²) in [6, 6.07) is 26.0. The van der Waals surface area contributed by atoms with Crippen molar-refractivity contribution in [3.8, 4) is 22.8 Å². The van der Waals surface area contributed by atoms with Crippen LogP contribution in [0.15, 0.2) is 107 Å². The Morgan fingerprint density at radius 2 is 1.56 bits per heavy atom. The van der Waals surface area contributed by atoms with Gasteiger partial charge in [-0.2, -0.15) is 0 Å². The first-order chi connectivity index (χ1) is 19.0. The molecule has 1 aliphatic heterocycles. The van der Waals surface area contributed by atoms with Crippen LogP contribution in [0.3, 0.4) is 0 Å². The van der Waals surface area contributed by atoms with Crippen LogP contribution in [-0.4, -0.2) is 26.5 Å². The molecule has 0 fully saturated rings. The number of pyridine rings is 2. The van der Waals surface area contributed by atoms with E-state index in [1.165, 1.54) is 12.1 Å². The van der Waals surface area contributed by atoms with Gasteiger partial charge in [0.1, 0.15) is 11.2 Å². The molecule has 0 unspecified atom stereocenters. The lowest BCUT2D eigenvalue weighted by Gasteiger charge is -2.12. The zero-order chi connectivity index (χ0) is 26.4. The molecule has 190 valence electrons. The number of anilines is 2. The average molecular weight is 538 g/mol. The molecule has 6 aromatic rings. The van der Waals surface area contributed by atoms with Crippen LogP contribution < -0.4 is 14.8 Å². The second-order valence-corrected chi connectivity index (χ2v) is 9.82. The van der Waals surface area contributed by atoms with Crippen LogP contribution in [0.1, 0.15) is 0 Å². The molecular weight excluding hydrogens is 520 g/mol. The molecule has 0 spiro atoms. The molecule has 0 atom stereocenters. The highest BCUT2D eigenvalue weighted by Crippen LogP contribution is 2.43. The van der Waals surface area contributed by atoms with E-state index in [-0.39, 0.29) is 11.5 Å². The first-order valence-corrected chi connectivity index (χ1v) is 12.7. The summed E-state index contributed by atoms with van der Waals surface area (Å²) in [6.07, 6.45) is -0.128. The summed E-state index contributed by atoms with van der Waals surface area (Å²) in [7, 11) is 0. The van der Waals surface area contributed by atoms with Gasteiger partial charge in [0.25, 0.3) is 0 Å². The third-order valence-electron chi connectivity index (χ3n) is 6.17. The largest absolute Gasteiger partial charge is 0.586 e. The van der Waals surface area contributed by atoms with Gasteiger partial charge in [-0.15, -0.1) is 19.0 Å². The molecular formula is C29H17F2N5O2S. The fourth-order valence-electron chi connectivity index (χ4n) is 4.41. The maximum Gasteiger partial charge on any atom is 0.586 e. The molecule has 3 aromatic heterocycles. The van der Waals surface area contributed by atoms with Gasteiger partial charge in [-0.1, -0.05) is 36.0 Å². The standard InChI is InChI=1S/C29H17F2N5O2S/c30-29(31)37-23-12-7-17(16-24(23)38-29)26-20-4-1-2-5-21(20)28(36-35-26)34-18-8-10-19(11-9-18)39-25-13-15-32-22-6-3-14-33-27(22)25/h1-16H,(H,34,36). The smallest absolute Gasteiger partial charge is 0.395 e. The molecule has 0 bridgehead atoms. The Hall–Kier alpha value is -4.83. The van der Waals surface area contributed by atoms with Gasteiger partial charge >= 0.3 is 6.29 Å². The van der Waals surface area contributed by atoms with Crippen molar-refractivity contribution in [3.05, 3.63) is 97.3 Å². The third-order valence-corrected chi connectivity index (χ3v) is 7.22. The third kappa shape index (κ3) is 4.44. The summed E-state index contributed by atoms with van der Waals surface area (Å²) in [5, 5.41) is 13.8. The Kier molecular flexibility index (Phi) is 5.48. The number of nitrogens with zero attached hydrogens (tertiary/aromatic N) is 4. The zero-order valence-electron chi connectivity index (χ0n) is 20.0. The molecule has 3 aromatic carbocycles. The van der Waals surface area contributed by atoms with Crippen LogP contribution in [0.2, 0.25) is 0 Å². The molecule has 39 heavy (non-hydrogen) atoms. The predicted molar refractivity (Wildman–Crippen MR) is 145 cm³/mol. The van der Waals surface area contributed by atoms with Crippen molar-refractivity contribution in [2.75, 3.05) is 5.32 Å². The predicted octanol–water partition coefficient (Wildman–Crippen LogP) is 7.46. The van der Waals surface area contributed by atoms with Gasteiger partial charge in [-0.25, -0.2) is 0 Å². The summed E-state index contributed by atoms with van der Waals surface area (Å²) < 4.78 is 36.1. The number of benzene rings is 3. The van der Waals surface area contributed by atoms with Crippen LogP contribution >= 0.6 is 11.8 Å². The topological polar surface area (TPSA) is 82.1 Å². The van der Waals surface area contributed by atoms with E-state index in [9.17, 15) is 8.78 Å². The Bertz CT molecular complexity index is 1860. The van der Waals surface area contributed by atoms with Gasteiger partial charge < -0.3 is 14.8 Å². The van der Waals surface area contributed by atoms with Gasteiger partial charge in [-0.3, -0.25) is 9.97 Å². The monoisotopic (exact) mass is 537 g/mol. The molecule has 1 N–H and O–H groups in total. The van der Waals surface area contributed by atoms with Crippen molar-refractivity contribution >= 4 is 45.1 Å². The first-order valence-electron chi connectivity index (χ1n) is 11.9. The zero-order valence-corrected chi connectivity index (χ0v) is 20.8. The number of halogens is 2. The number of aromatic nitrogens is 4. The second-order valence-electron chi connectivity index (χ2n) is 8.70. The molecule has 1 aliphatic rings. The van der Waals surface area contributed by atoms with Crippen molar-refractivity contribution in [2.45, 2.75) is 16.1 Å². The molecule has 4 heterocycles. The molecule has 10 heteroatoms. The van der Waals surface area contributed by atoms with Gasteiger partial charge in [0.2, 0.25) is 0 Å². The van der Waals surface area contributed by atoms with E-state index in [0.29, 0.717) is 17.1 Å². The van der Waals surface area contributed by atoms with E-state index in [2.05, 4.69) is 35.0 Å². The molecule has 0 saturated heterocycles. The lowest BCUT2D eigenvalue weighted by molar-refractivity contribution is -0.286. The highest BCUT2D eigenvalue weighted by Gasteiger charge is 2.43. The lowest BCUT2D eigenvalue weighted by atomic mass is 10.0. The molecule has 0 saturated carbocycles. The Labute approximate surface area is 224 Å². The molecule has 7 nitrogen and oxygen atoms in total.